The quantitative estimate of drug-likeness (QED) is 0.0303. The van der Waals surface area contributed by atoms with Gasteiger partial charge in [-0.05, 0) is 83.9 Å². The Morgan fingerprint density at radius 1 is 0.432 bits per heavy atom. The predicted molar refractivity (Wildman–Crippen MR) is 256 cm³/mol. The standard InChI is InChI=1S/C42H36N12O18S2/c55-31(56)17-27(35(63)64)47-41-51-37(43-23-9-5-21(6-10-23)33(59)60)49-39(53-41)45-25-13-3-19(29(15-25)73(67,68)69)1-2-20-4-14-26(16-30(20)74(70,71)72)46-40-50-38(44-24-11-7-22(8-12-24)34(61)62)52-42(54-40)48-28(36(65)66)18-32(57)58/h1-16,27-28H,17-18H2,(H,55,56)(H,57,58)(H,59,60)(H,61,62)(H,63,64)(H,65,66)(H,67,68,69)(H,70,71,72)(H3,43,45,47,49,51,53)(H3,44,46,48,50,52,54)/b2-1+. The molecule has 0 aliphatic heterocycles. The molecular weight excluding hydrogens is 1020 g/mol. The monoisotopic (exact) mass is 1060 g/mol. The van der Waals surface area contributed by atoms with Gasteiger partial charge in [0.25, 0.3) is 20.2 Å². The zero-order chi connectivity index (χ0) is 54.1. The van der Waals surface area contributed by atoms with Crippen LogP contribution in [0.25, 0.3) is 12.2 Å². The number of aromatic carboxylic acids is 2. The number of carboxylic acids is 6. The average molecular weight is 1060 g/mol. The molecule has 384 valence electrons. The second-order valence-electron chi connectivity index (χ2n) is 14.9. The number of aromatic nitrogens is 6. The molecule has 0 aliphatic rings. The number of benzene rings is 4. The molecule has 0 amide bonds. The van der Waals surface area contributed by atoms with Gasteiger partial charge in [-0.15, -0.1) is 0 Å². The Bertz CT molecular complexity index is 3230. The number of carboxylic acid groups (broad SMARTS) is 6. The molecule has 74 heavy (non-hydrogen) atoms. The van der Waals surface area contributed by atoms with E-state index in [9.17, 15) is 85.3 Å². The summed E-state index contributed by atoms with van der Waals surface area (Å²) in [6, 6.07) is 13.4. The van der Waals surface area contributed by atoms with Gasteiger partial charge in [-0.2, -0.15) is 46.7 Å². The molecule has 0 bridgehead atoms. The van der Waals surface area contributed by atoms with Crippen molar-refractivity contribution in [3.05, 3.63) is 107 Å². The van der Waals surface area contributed by atoms with Gasteiger partial charge < -0.3 is 62.5 Å². The van der Waals surface area contributed by atoms with E-state index in [2.05, 4.69) is 61.8 Å². The molecule has 2 heterocycles. The summed E-state index contributed by atoms with van der Waals surface area (Å²) in [6.45, 7) is 0. The van der Waals surface area contributed by atoms with Crippen molar-refractivity contribution in [3.63, 3.8) is 0 Å². The molecule has 0 saturated heterocycles. The topological polar surface area (TPSA) is 482 Å². The largest absolute Gasteiger partial charge is 0.481 e. The van der Waals surface area contributed by atoms with Crippen molar-refractivity contribution in [3.8, 4) is 0 Å². The van der Waals surface area contributed by atoms with Crippen molar-refractivity contribution >= 4 is 127 Å². The number of hydrogen-bond donors (Lipinski definition) is 14. The Labute approximate surface area is 414 Å². The summed E-state index contributed by atoms with van der Waals surface area (Å²) in [7, 11) is -10.2. The van der Waals surface area contributed by atoms with Crippen LogP contribution in [0.15, 0.2) is 94.7 Å². The number of aliphatic carboxylic acids is 4. The summed E-state index contributed by atoms with van der Waals surface area (Å²) in [4.78, 5) is 92.0. The molecule has 0 saturated carbocycles. The summed E-state index contributed by atoms with van der Waals surface area (Å²) < 4.78 is 71.5. The van der Waals surface area contributed by atoms with Gasteiger partial charge >= 0.3 is 35.8 Å². The van der Waals surface area contributed by atoms with Crippen molar-refractivity contribution in [1.29, 1.82) is 0 Å². The first kappa shape index (κ1) is 53.4. The molecule has 2 aromatic heterocycles. The zero-order valence-corrected chi connectivity index (χ0v) is 38.6. The van der Waals surface area contributed by atoms with E-state index in [1.165, 1.54) is 60.7 Å². The normalized spacial score (nSPS) is 12.2. The van der Waals surface area contributed by atoms with Crippen LogP contribution in [0.5, 0.6) is 0 Å². The summed E-state index contributed by atoms with van der Waals surface area (Å²) in [5.41, 5.74) is -0.450. The number of carbonyl (C=O) groups is 6. The van der Waals surface area contributed by atoms with Gasteiger partial charge in [-0.1, -0.05) is 24.3 Å². The van der Waals surface area contributed by atoms with Crippen LogP contribution in [0.2, 0.25) is 0 Å². The van der Waals surface area contributed by atoms with Gasteiger partial charge in [0.05, 0.1) is 24.0 Å². The van der Waals surface area contributed by atoms with E-state index in [1.54, 1.807) is 0 Å². The lowest BCUT2D eigenvalue weighted by molar-refractivity contribution is -0.144. The van der Waals surface area contributed by atoms with Crippen LogP contribution in [-0.4, -0.2) is 134 Å². The fraction of sp³-hybridized carbons (Fsp3) is 0.0952. The molecule has 32 heteroatoms. The van der Waals surface area contributed by atoms with Crippen molar-refractivity contribution in [1.82, 2.24) is 29.9 Å². The van der Waals surface area contributed by atoms with Crippen LogP contribution in [0.3, 0.4) is 0 Å². The van der Waals surface area contributed by atoms with Gasteiger partial charge in [0, 0.05) is 22.7 Å². The summed E-state index contributed by atoms with van der Waals surface area (Å²) >= 11 is 0. The third-order valence-corrected chi connectivity index (χ3v) is 11.4. The maximum Gasteiger partial charge on any atom is 0.335 e. The Kier molecular flexibility index (Phi) is 16.2. The van der Waals surface area contributed by atoms with E-state index in [1.807, 2.05) is 0 Å². The molecule has 2 unspecified atom stereocenters. The van der Waals surface area contributed by atoms with Gasteiger partial charge in [0.15, 0.2) is 0 Å². The molecule has 0 aliphatic carbocycles. The Morgan fingerprint density at radius 2 is 0.716 bits per heavy atom. The van der Waals surface area contributed by atoms with Gasteiger partial charge in [0.2, 0.25) is 35.7 Å². The minimum absolute atomic E-state index is 0.0684. The van der Waals surface area contributed by atoms with Crippen molar-refractivity contribution in [2.75, 3.05) is 31.9 Å². The van der Waals surface area contributed by atoms with Crippen LogP contribution >= 0.6 is 0 Å². The first-order chi connectivity index (χ1) is 34.8. The third kappa shape index (κ3) is 14.8. The molecule has 6 rings (SSSR count). The maximum atomic E-state index is 12.7. The van der Waals surface area contributed by atoms with E-state index >= 15 is 0 Å². The summed E-state index contributed by atoms with van der Waals surface area (Å²) in [6.07, 6.45) is 0.270. The fourth-order valence-corrected chi connectivity index (χ4v) is 7.62. The van der Waals surface area contributed by atoms with Crippen LogP contribution in [0.1, 0.15) is 44.7 Å². The first-order valence-corrected chi connectivity index (χ1v) is 23.3. The number of nitrogens with one attached hydrogen (secondary N) is 6. The van der Waals surface area contributed by atoms with E-state index in [4.69, 9.17) is 0 Å². The molecule has 30 nitrogen and oxygen atoms in total. The third-order valence-electron chi connectivity index (χ3n) is 9.54. The molecule has 0 radical (unpaired) electrons. The SMILES string of the molecule is O=C(O)CC(Nc1nc(Nc2ccc(C(=O)O)cc2)nc(Nc2ccc(/C=C/c3ccc(Nc4nc(Nc5ccc(C(=O)O)cc5)nc(NC(CC(=O)O)C(=O)O)n4)cc3S(=O)(=O)O)c(S(=O)(=O)O)c2)n1)C(=O)O. The lowest BCUT2D eigenvalue weighted by Crippen LogP contribution is -2.32. The Hall–Kier alpha value is -9.92. The molecule has 6 aromatic rings. The minimum atomic E-state index is -5.11. The van der Waals surface area contributed by atoms with Crippen LogP contribution < -0.4 is 31.9 Å². The number of rotatable bonds is 24. The van der Waals surface area contributed by atoms with E-state index in [-0.39, 0.29) is 56.9 Å². The molecule has 4 aromatic carbocycles. The Balaban J connectivity index is 1.31. The fourth-order valence-electron chi connectivity index (χ4n) is 6.20. The van der Waals surface area contributed by atoms with Crippen molar-refractivity contribution in [2.45, 2.75) is 34.7 Å². The first-order valence-electron chi connectivity index (χ1n) is 20.4. The highest BCUT2D eigenvalue weighted by Gasteiger charge is 2.25. The highest BCUT2D eigenvalue weighted by Crippen LogP contribution is 2.29. The van der Waals surface area contributed by atoms with Crippen molar-refractivity contribution < 1.29 is 85.3 Å². The molecular formula is C42H36N12O18S2. The minimum Gasteiger partial charge on any atom is -0.481 e. The van der Waals surface area contributed by atoms with Crippen molar-refractivity contribution in [2.24, 2.45) is 0 Å². The van der Waals surface area contributed by atoms with Crippen LogP contribution in [0.4, 0.5) is 58.4 Å². The molecule has 2 atom stereocenters. The lowest BCUT2D eigenvalue weighted by Gasteiger charge is -2.15. The summed E-state index contributed by atoms with van der Waals surface area (Å²) in [5, 5.41) is 71.7. The van der Waals surface area contributed by atoms with Crippen LogP contribution in [-0.2, 0) is 39.4 Å². The predicted octanol–water partition coefficient (Wildman–Crippen LogP) is 3.77. The number of hydrogen-bond acceptors (Lipinski definition) is 22. The van der Waals surface area contributed by atoms with Crippen LogP contribution in [0, 0.1) is 0 Å². The van der Waals surface area contributed by atoms with E-state index < -0.39 is 115 Å². The zero-order valence-electron chi connectivity index (χ0n) is 37.0. The highest BCUT2D eigenvalue weighted by atomic mass is 32.2. The number of anilines is 10. The van der Waals surface area contributed by atoms with E-state index in [0.717, 1.165) is 36.4 Å². The smallest absolute Gasteiger partial charge is 0.335 e. The molecule has 0 fully saturated rings. The average Bonchev–Trinajstić information content (AvgIpc) is 3.30. The molecule has 14 N–H and O–H groups in total. The van der Waals surface area contributed by atoms with E-state index in [0.29, 0.717) is 0 Å². The Morgan fingerprint density at radius 3 is 0.986 bits per heavy atom. The maximum absolute atomic E-state index is 12.7. The lowest BCUT2D eigenvalue weighted by atomic mass is 10.1. The number of nitrogens with zero attached hydrogens (tertiary/aromatic N) is 6. The van der Waals surface area contributed by atoms with Gasteiger partial charge in [-0.3, -0.25) is 18.7 Å². The second kappa shape index (κ2) is 22.4. The highest BCUT2D eigenvalue weighted by molar-refractivity contribution is 7.86. The van der Waals surface area contributed by atoms with Gasteiger partial charge in [0.1, 0.15) is 21.9 Å². The molecule has 0 spiro atoms. The second-order valence-corrected chi connectivity index (χ2v) is 17.7. The summed E-state index contributed by atoms with van der Waals surface area (Å²) in [5.74, 6) is -11.0. The van der Waals surface area contributed by atoms with Gasteiger partial charge in [-0.25, -0.2) is 19.2 Å².